The molecule has 0 saturated carbocycles. The molecule has 2 rings (SSSR count). The summed E-state index contributed by atoms with van der Waals surface area (Å²) in [6.45, 7) is 0.250. The van der Waals surface area contributed by atoms with Crippen LogP contribution in [0.1, 0.15) is 16.1 Å². The first-order valence-corrected chi connectivity index (χ1v) is 5.64. The largest absolute Gasteiger partial charge is 0.493 e. The summed E-state index contributed by atoms with van der Waals surface area (Å²) in [6, 6.07) is 10.4. The van der Waals surface area contributed by atoms with Crippen molar-refractivity contribution < 1.29 is 19.4 Å². The van der Waals surface area contributed by atoms with Gasteiger partial charge in [-0.3, -0.25) is 4.98 Å². The van der Waals surface area contributed by atoms with Gasteiger partial charge in [-0.05, 0) is 24.3 Å². The molecule has 1 aromatic heterocycles. The van der Waals surface area contributed by atoms with Gasteiger partial charge >= 0.3 is 5.97 Å². The Morgan fingerprint density at radius 1 is 1.21 bits per heavy atom. The Hall–Kier alpha value is -2.56. The van der Waals surface area contributed by atoms with E-state index in [2.05, 4.69) is 4.98 Å². The van der Waals surface area contributed by atoms with Gasteiger partial charge in [-0.1, -0.05) is 12.1 Å². The number of carboxylic acids is 1. The maximum atomic E-state index is 10.7. The quantitative estimate of drug-likeness (QED) is 0.892. The van der Waals surface area contributed by atoms with Gasteiger partial charge in [-0.25, -0.2) is 4.79 Å². The second kappa shape index (κ2) is 5.86. The number of para-hydroxylation sites is 2. The van der Waals surface area contributed by atoms with Crippen LogP contribution < -0.4 is 9.47 Å². The van der Waals surface area contributed by atoms with Crippen LogP contribution >= 0.6 is 0 Å². The molecule has 0 bridgehead atoms. The van der Waals surface area contributed by atoms with Crippen molar-refractivity contribution in [2.45, 2.75) is 6.61 Å². The van der Waals surface area contributed by atoms with Gasteiger partial charge in [0.15, 0.2) is 11.5 Å². The lowest BCUT2D eigenvalue weighted by Gasteiger charge is -2.09. The third-order valence-corrected chi connectivity index (χ3v) is 2.52. The smallest absolute Gasteiger partial charge is 0.337 e. The van der Waals surface area contributed by atoms with Gasteiger partial charge < -0.3 is 14.6 Å². The second-order valence-corrected chi connectivity index (χ2v) is 3.78. The second-order valence-electron chi connectivity index (χ2n) is 3.78. The summed E-state index contributed by atoms with van der Waals surface area (Å²) in [5, 5.41) is 8.76. The topological polar surface area (TPSA) is 68.7 Å². The monoisotopic (exact) mass is 259 g/mol. The zero-order chi connectivity index (χ0) is 13.7. The summed E-state index contributed by atoms with van der Waals surface area (Å²) in [6.07, 6.45) is 1.31. The molecule has 0 atom stereocenters. The first-order valence-electron chi connectivity index (χ1n) is 5.64. The minimum absolute atomic E-state index is 0.154. The maximum Gasteiger partial charge on any atom is 0.337 e. The molecule has 19 heavy (non-hydrogen) atoms. The van der Waals surface area contributed by atoms with Gasteiger partial charge in [0.05, 0.1) is 18.4 Å². The Morgan fingerprint density at radius 3 is 2.53 bits per heavy atom. The molecule has 1 aromatic carbocycles. The van der Waals surface area contributed by atoms with E-state index in [0.29, 0.717) is 17.2 Å². The van der Waals surface area contributed by atoms with Crippen molar-refractivity contribution in [2.75, 3.05) is 7.11 Å². The highest BCUT2D eigenvalue weighted by Gasteiger charge is 2.05. The number of hydrogen-bond acceptors (Lipinski definition) is 4. The van der Waals surface area contributed by atoms with Crippen molar-refractivity contribution >= 4 is 5.97 Å². The Morgan fingerprint density at radius 2 is 1.95 bits per heavy atom. The molecule has 0 amide bonds. The molecule has 0 saturated heterocycles. The highest BCUT2D eigenvalue weighted by molar-refractivity contribution is 5.87. The van der Waals surface area contributed by atoms with E-state index in [1.54, 1.807) is 25.3 Å². The number of carbonyl (C=O) groups is 1. The summed E-state index contributed by atoms with van der Waals surface area (Å²) in [5.41, 5.74) is 0.803. The third-order valence-electron chi connectivity index (χ3n) is 2.52. The van der Waals surface area contributed by atoms with Crippen molar-refractivity contribution in [3.63, 3.8) is 0 Å². The Labute approximate surface area is 110 Å². The molecule has 0 unspecified atom stereocenters. The summed E-state index contributed by atoms with van der Waals surface area (Å²) < 4.78 is 10.7. The Balaban J connectivity index is 2.04. The zero-order valence-electron chi connectivity index (χ0n) is 10.4. The number of methoxy groups -OCH3 is 1. The van der Waals surface area contributed by atoms with Crippen LogP contribution in [0.3, 0.4) is 0 Å². The molecule has 1 N–H and O–H groups in total. The van der Waals surface area contributed by atoms with Gasteiger partial charge in [0.25, 0.3) is 0 Å². The van der Waals surface area contributed by atoms with Crippen molar-refractivity contribution in [3.8, 4) is 11.5 Å². The summed E-state index contributed by atoms with van der Waals surface area (Å²) in [5.74, 6) is 0.267. The number of aromatic carboxylic acids is 1. The molecule has 0 fully saturated rings. The number of ether oxygens (including phenoxy) is 2. The predicted octanol–water partition coefficient (Wildman–Crippen LogP) is 2.37. The molecule has 5 nitrogen and oxygen atoms in total. The normalized spacial score (nSPS) is 9.95. The summed E-state index contributed by atoms with van der Waals surface area (Å²) in [7, 11) is 1.57. The number of carboxylic acid groups (broad SMARTS) is 1. The van der Waals surface area contributed by atoms with E-state index in [1.807, 2.05) is 12.1 Å². The third kappa shape index (κ3) is 3.22. The molecular formula is C14H13NO4. The molecule has 98 valence electrons. The van der Waals surface area contributed by atoms with Crippen molar-refractivity contribution in [1.82, 2.24) is 4.98 Å². The van der Waals surface area contributed by atoms with Crippen molar-refractivity contribution in [3.05, 3.63) is 53.9 Å². The molecule has 0 radical (unpaired) electrons. The summed E-state index contributed by atoms with van der Waals surface area (Å²) in [4.78, 5) is 14.7. The van der Waals surface area contributed by atoms with Gasteiger partial charge in [0, 0.05) is 6.20 Å². The molecule has 2 aromatic rings. The average Bonchev–Trinajstić information content (AvgIpc) is 2.45. The number of aromatic nitrogens is 1. The number of hydrogen-bond donors (Lipinski definition) is 1. The minimum Gasteiger partial charge on any atom is -0.493 e. The number of benzene rings is 1. The fourth-order valence-corrected chi connectivity index (χ4v) is 1.53. The lowest BCUT2D eigenvalue weighted by Crippen LogP contribution is -2.02. The van der Waals surface area contributed by atoms with Crippen molar-refractivity contribution in [1.29, 1.82) is 0 Å². The van der Waals surface area contributed by atoms with Crippen LogP contribution in [-0.4, -0.2) is 23.2 Å². The van der Waals surface area contributed by atoms with E-state index in [-0.39, 0.29) is 12.2 Å². The lowest BCUT2D eigenvalue weighted by molar-refractivity contribution is 0.0696. The van der Waals surface area contributed by atoms with Crippen LogP contribution in [0.2, 0.25) is 0 Å². The Kier molecular flexibility index (Phi) is 3.97. The predicted molar refractivity (Wildman–Crippen MR) is 68.5 cm³/mol. The number of pyridine rings is 1. The molecule has 0 aliphatic rings. The van der Waals surface area contributed by atoms with E-state index in [9.17, 15) is 4.79 Å². The van der Waals surface area contributed by atoms with Crippen LogP contribution in [0, 0.1) is 0 Å². The van der Waals surface area contributed by atoms with Gasteiger partial charge in [0.1, 0.15) is 6.61 Å². The van der Waals surface area contributed by atoms with E-state index in [1.165, 1.54) is 12.3 Å². The highest BCUT2D eigenvalue weighted by atomic mass is 16.5. The highest BCUT2D eigenvalue weighted by Crippen LogP contribution is 2.26. The number of rotatable bonds is 5. The molecule has 1 heterocycles. The van der Waals surface area contributed by atoms with Crippen LogP contribution in [0.15, 0.2) is 42.6 Å². The Bertz CT molecular complexity index is 566. The number of nitrogens with zero attached hydrogens (tertiary/aromatic N) is 1. The van der Waals surface area contributed by atoms with Crippen LogP contribution in [0.5, 0.6) is 11.5 Å². The van der Waals surface area contributed by atoms with Crippen LogP contribution in [-0.2, 0) is 6.61 Å². The minimum atomic E-state index is -0.996. The van der Waals surface area contributed by atoms with E-state index in [0.717, 1.165) is 0 Å². The molecule has 0 aliphatic heterocycles. The molecule has 0 spiro atoms. The molecule has 0 aliphatic carbocycles. The van der Waals surface area contributed by atoms with Gasteiger partial charge in [0.2, 0.25) is 0 Å². The van der Waals surface area contributed by atoms with E-state index < -0.39 is 5.97 Å². The lowest BCUT2D eigenvalue weighted by atomic mass is 10.2. The first kappa shape index (κ1) is 12.9. The van der Waals surface area contributed by atoms with Gasteiger partial charge in [-0.2, -0.15) is 0 Å². The standard InChI is InChI=1S/C14H13NO4/c1-18-12-4-2-3-5-13(12)19-9-11-7-6-10(8-15-11)14(16)17/h2-8H,9H2,1H3,(H,16,17). The van der Waals surface area contributed by atoms with Crippen LogP contribution in [0.25, 0.3) is 0 Å². The van der Waals surface area contributed by atoms with E-state index >= 15 is 0 Å². The first-order chi connectivity index (χ1) is 9.20. The molecule has 5 heteroatoms. The molecular weight excluding hydrogens is 246 g/mol. The summed E-state index contributed by atoms with van der Waals surface area (Å²) >= 11 is 0. The van der Waals surface area contributed by atoms with Gasteiger partial charge in [-0.15, -0.1) is 0 Å². The SMILES string of the molecule is COc1ccccc1OCc1ccc(C(=O)O)cn1. The average molecular weight is 259 g/mol. The van der Waals surface area contributed by atoms with E-state index in [4.69, 9.17) is 14.6 Å². The van der Waals surface area contributed by atoms with Crippen molar-refractivity contribution in [2.24, 2.45) is 0 Å². The zero-order valence-corrected chi connectivity index (χ0v) is 10.4. The van der Waals surface area contributed by atoms with Crippen LogP contribution in [0.4, 0.5) is 0 Å². The fourth-order valence-electron chi connectivity index (χ4n) is 1.53. The fraction of sp³-hybridized carbons (Fsp3) is 0.143. The maximum absolute atomic E-state index is 10.7.